The molecule has 1 aliphatic heterocycles. The van der Waals surface area contributed by atoms with Gasteiger partial charge in [0.05, 0.1) is 17.8 Å². The van der Waals surface area contributed by atoms with Gasteiger partial charge in [0.25, 0.3) is 5.91 Å². The summed E-state index contributed by atoms with van der Waals surface area (Å²) in [6.45, 7) is 1.28. The summed E-state index contributed by atoms with van der Waals surface area (Å²) in [5, 5.41) is 2.71. The third-order valence-corrected chi connectivity index (χ3v) is 4.84. The lowest BCUT2D eigenvalue weighted by molar-refractivity contribution is -0.117. The number of nitrogens with zero attached hydrogens (tertiary/aromatic N) is 1. The van der Waals surface area contributed by atoms with Crippen LogP contribution in [0.4, 0.5) is 10.1 Å². The van der Waals surface area contributed by atoms with Crippen LogP contribution < -0.4 is 11.1 Å². The van der Waals surface area contributed by atoms with Crippen LogP contribution in [-0.4, -0.2) is 42.1 Å². The number of primary amides is 1. The SMILES string of the molecule is NC(=O)c1ccccc1NC(=O)CN1CCC[C@H](C(=O)c2ccc(F)cc2)C1. The Balaban J connectivity index is 1.60. The molecule has 2 aromatic rings. The highest BCUT2D eigenvalue weighted by atomic mass is 19.1. The zero-order valence-electron chi connectivity index (χ0n) is 15.4. The highest BCUT2D eigenvalue weighted by molar-refractivity contribution is 6.03. The predicted octanol–water partition coefficient (Wildman–Crippen LogP) is 2.46. The summed E-state index contributed by atoms with van der Waals surface area (Å²) < 4.78 is 13.1. The Morgan fingerprint density at radius 2 is 1.82 bits per heavy atom. The number of piperidine rings is 1. The van der Waals surface area contributed by atoms with E-state index >= 15 is 0 Å². The fraction of sp³-hybridized carbons (Fsp3) is 0.286. The molecule has 2 amide bonds. The Morgan fingerprint density at radius 1 is 1.11 bits per heavy atom. The zero-order valence-corrected chi connectivity index (χ0v) is 15.4. The van der Waals surface area contributed by atoms with Gasteiger partial charge in [0, 0.05) is 18.0 Å². The van der Waals surface area contributed by atoms with Crippen molar-refractivity contribution >= 4 is 23.3 Å². The minimum Gasteiger partial charge on any atom is -0.366 e. The molecule has 7 heteroatoms. The molecule has 0 radical (unpaired) electrons. The molecule has 3 N–H and O–H groups in total. The Hall–Kier alpha value is -3.06. The molecule has 0 bridgehead atoms. The topological polar surface area (TPSA) is 92.5 Å². The average molecular weight is 383 g/mol. The molecular weight excluding hydrogens is 361 g/mol. The Labute approximate surface area is 162 Å². The van der Waals surface area contributed by atoms with Gasteiger partial charge in [-0.25, -0.2) is 4.39 Å². The van der Waals surface area contributed by atoms with E-state index in [1.807, 2.05) is 4.90 Å². The van der Waals surface area contributed by atoms with Gasteiger partial charge < -0.3 is 11.1 Å². The van der Waals surface area contributed by atoms with Crippen molar-refractivity contribution < 1.29 is 18.8 Å². The van der Waals surface area contributed by atoms with E-state index in [9.17, 15) is 18.8 Å². The molecule has 6 nitrogen and oxygen atoms in total. The second-order valence-corrected chi connectivity index (χ2v) is 6.90. The number of hydrogen-bond donors (Lipinski definition) is 2. The van der Waals surface area contributed by atoms with E-state index in [2.05, 4.69) is 5.32 Å². The summed E-state index contributed by atoms with van der Waals surface area (Å²) in [5.41, 5.74) is 6.43. The molecule has 1 saturated heterocycles. The van der Waals surface area contributed by atoms with E-state index in [1.165, 1.54) is 24.3 Å². The van der Waals surface area contributed by atoms with Gasteiger partial charge in [-0.1, -0.05) is 12.1 Å². The number of hydrogen-bond acceptors (Lipinski definition) is 4. The molecular formula is C21H22FN3O3. The van der Waals surface area contributed by atoms with Crippen LogP contribution in [0.15, 0.2) is 48.5 Å². The minimum absolute atomic E-state index is 0.0378. The van der Waals surface area contributed by atoms with E-state index in [0.29, 0.717) is 24.3 Å². The maximum atomic E-state index is 13.1. The first-order valence-electron chi connectivity index (χ1n) is 9.15. The summed E-state index contributed by atoms with van der Waals surface area (Å²) in [4.78, 5) is 38.4. The number of anilines is 1. The number of ketones is 1. The van der Waals surface area contributed by atoms with Gasteiger partial charge in [-0.05, 0) is 55.8 Å². The van der Waals surface area contributed by atoms with Crippen molar-refractivity contribution in [2.75, 3.05) is 25.0 Å². The van der Waals surface area contributed by atoms with Crippen LogP contribution in [0.3, 0.4) is 0 Å². The third kappa shape index (κ3) is 4.80. The molecule has 0 aromatic heterocycles. The Bertz CT molecular complexity index is 883. The molecule has 1 aliphatic rings. The standard InChI is InChI=1S/C21H22FN3O3/c22-16-9-7-14(8-10-16)20(27)15-4-3-11-25(12-15)13-19(26)24-18-6-2-1-5-17(18)21(23)28/h1-2,5-10,15H,3-4,11-13H2,(H2,23,28)(H,24,26)/t15-/m0/s1. The van der Waals surface area contributed by atoms with Gasteiger partial charge in [0.1, 0.15) is 5.82 Å². The molecule has 0 aliphatic carbocycles. The van der Waals surface area contributed by atoms with Crippen LogP contribution >= 0.6 is 0 Å². The lowest BCUT2D eigenvalue weighted by Crippen LogP contribution is -2.42. The largest absolute Gasteiger partial charge is 0.366 e. The molecule has 1 atom stereocenters. The van der Waals surface area contributed by atoms with Crippen LogP contribution in [-0.2, 0) is 4.79 Å². The third-order valence-electron chi connectivity index (χ3n) is 4.84. The lowest BCUT2D eigenvalue weighted by atomic mass is 9.90. The van der Waals surface area contributed by atoms with Gasteiger partial charge in [-0.2, -0.15) is 0 Å². The quantitative estimate of drug-likeness (QED) is 0.750. The highest BCUT2D eigenvalue weighted by Crippen LogP contribution is 2.21. The molecule has 28 heavy (non-hydrogen) atoms. The zero-order chi connectivity index (χ0) is 20.1. The normalized spacial score (nSPS) is 17.1. The fourth-order valence-corrected chi connectivity index (χ4v) is 3.46. The molecule has 3 rings (SSSR count). The summed E-state index contributed by atoms with van der Waals surface area (Å²) in [5.74, 6) is -1.54. The van der Waals surface area contributed by atoms with Gasteiger partial charge in [-0.3, -0.25) is 19.3 Å². The van der Waals surface area contributed by atoms with Crippen molar-refractivity contribution in [3.63, 3.8) is 0 Å². The summed E-state index contributed by atoms with van der Waals surface area (Å²) in [7, 11) is 0. The Morgan fingerprint density at radius 3 is 2.54 bits per heavy atom. The second-order valence-electron chi connectivity index (χ2n) is 6.90. The van der Waals surface area contributed by atoms with E-state index < -0.39 is 5.91 Å². The maximum Gasteiger partial charge on any atom is 0.250 e. The van der Waals surface area contributed by atoms with Crippen LogP contribution in [0.5, 0.6) is 0 Å². The maximum absolute atomic E-state index is 13.1. The number of likely N-dealkylation sites (tertiary alicyclic amines) is 1. The fourth-order valence-electron chi connectivity index (χ4n) is 3.46. The molecule has 0 saturated carbocycles. The van der Waals surface area contributed by atoms with E-state index in [1.54, 1.807) is 24.3 Å². The molecule has 146 valence electrons. The van der Waals surface area contributed by atoms with Crippen molar-refractivity contribution in [2.45, 2.75) is 12.8 Å². The van der Waals surface area contributed by atoms with Crippen molar-refractivity contribution in [3.05, 3.63) is 65.5 Å². The van der Waals surface area contributed by atoms with Crippen LogP contribution in [0.25, 0.3) is 0 Å². The number of carbonyl (C=O) groups is 3. The summed E-state index contributed by atoms with van der Waals surface area (Å²) in [6, 6.07) is 12.1. The number of para-hydroxylation sites is 1. The van der Waals surface area contributed by atoms with Crippen LogP contribution in [0.2, 0.25) is 0 Å². The average Bonchev–Trinajstić information content (AvgIpc) is 2.68. The summed E-state index contributed by atoms with van der Waals surface area (Å²) >= 11 is 0. The predicted molar refractivity (Wildman–Crippen MR) is 103 cm³/mol. The number of nitrogens with one attached hydrogen (secondary N) is 1. The first-order valence-corrected chi connectivity index (χ1v) is 9.15. The van der Waals surface area contributed by atoms with Crippen molar-refractivity contribution in [3.8, 4) is 0 Å². The summed E-state index contributed by atoms with van der Waals surface area (Å²) in [6.07, 6.45) is 1.53. The van der Waals surface area contributed by atoms with E-state index in [4.69, 9.17) is 5.73 Å². The van der Waals surface area contributed by atoms with E-state index in [0.717, 1.165) is 12.8 Å². The van der Waals surface area contributed by atoms with Gasteiger partial charge in [0.15, 0.2) is 5.78 Å². The number of carbonyl (C=O) groups excluding carboxylic acids is 3. The van der Waals surface area contributed by atoms with Crippen LogP contribution in [0, 0.1) is 11.7 Å². The smallest absolute Gasteiger partial charge is 0.250 e. The molecule has 1 fully saturated rings. The van der Waals surface area contributed by atoms with Gasteiger partial charge in [0.2, 0.25) is 5.91 Å². The monoisotopic (exact) mass is 383 g/mol. The van der Waals surface area contributed by atoms with Gasteiger partial charge in [-0.15, -0.1) is 0 Å². The second kappa shape index (κ2) is 8.75. The lowest BCUT2D eigenvalue weighted by Gasteiger charge is -2.31. The molecule has 1 heterocycles. The van der Waals surface area contributed by atoms with Crippen molar-refractivity contribution in [1.29, 1.82) is 0 Å². The number of amides is 2. The highest BCUT2D eigenvalue weighted by Gasteiger charge is 2.27. The number of benzene rings is 2. The Kier molecular flexibility index (Phi) is 6.16. The van der Waals surface area contributed by atoms with Gasteiger partial charge >= 0.3 is 0 Å². The number of Topliss-reactive ketones (excluding diaryl/α,β-unsaturated/α-hetero) is 1. The minimum atomic E-state index is -0.612. The number of rotatable bonds is 6. The first-order chi connectivity index (χ1) is 13.4. The molecule has 0 unspecified atom stereocenters. The van der Waals surface area contributed by atoms with Crippen molar-refractivity contribution in [2.24, 2.45) is 11.7 Å². The van der Waals surface area contributed by atoms with Crippen molar-refractivity contribution in [1.82, 2.24) is 4.90 Å². The first kappa shape index (κ1) is 19.7. The molecule has 2 aromatic carbocycles. The molecule has 0 spiro atoms. The number of halogens is 1. The number of nitrogens with two attached hydrogens (primary N) is 1. The van der Waals surface area contributed by atoms with E-state index in [-0.39, 0.29) is 35.5 Å². The van der Waals surface area contributed by atoms with Crippen LogP contribution in [0.1, 0.15) is 33.6 Å².